The highest BCUT2D eigenvalue weighted by Gasteiger charge is 2.06. The van der Waals surface area contributed by atoms with Gasteiger partial charge in [-0.15, -0.1) is 0 Å². The molecule has 0 atom stereocenters. The molecule has 22 heavy (non-hydrogen) atoms. The molecule has 0 fully saturated rings. The maximum Gasteiger partial charge on any atom is 0.159 e. The second kappa shape index (κ2) is 5.97. The Labute approximate surface area is 130 Å². The molecule has 0 saturated carbocycles. The van der Waals surface area contributed by atoms with Gasteiger partial charge in [-0.05, 0) is 32.4 Å². The number of aryl methyl sites for hydroxylation is 3. The number of benzene rings is 1. The summed E-state index contributed by atoms with van der Waals surface area (Å²) in [4.78, 5) is 8.58. The maximum absolute atomic E-state index is 4.45. The second-order valence-electron chi connectivity index (χ2n) is 5.44. The van der Waals surface area contributed by atoms with Crippen LogP contribution in [0.3, 0.4) is 0 Å². The molecule has 1 N–H and O–H groups in total. The standard InChI is InChI=1S/C17H19N5/c1-12-5-4-6-15(7-12)10-18-16-9-17(20-11-19-16)22-14(3)8-13(2)21-22/h4-9,11H,10H2,1-3H3,(H,18,19,20). The van der Waals surface area contributed by atoms with Crippen molar-refractivity contribution in [3.05, 3.63) is 65.2 Å². The van der Waals surface area contributed by atoms with Crippen LogP contribution in [0, 0.1) is 20.8 Å². The Balaban J connectivity index is 1.78. The monoisotopic (exact) mass is 293 g/mol. The van der Waals surface area contributed by atoms with Gasteiger partial charge in [0.1, 0.15) is 12.1 Å². The van der Waals surface area contributed by atoms with Crippen molar-refractivity contribution < 1.29 is 0 Å². The second-order valence-corrected chi connectivity index (χ2v) is 5.44. The van der Waals surface area contributed by atoms with Gasteiger partial charge in [0, 0.05) is 18.3 Å². The van der Waals surface area contributed by atoms with Crippen molar-refractivity contribution in [1.29, 1.82) is 0 Å². The van der Waals surface area contributed by atoms with Gasteiger partial charge in [-0.3, -0.25) is 0 Å². The molecule has 0 radical (unpaired) electrons. The van der Waals surface area contributed by atoms with E-state index in [2.05, 4.69) is 51.6 Å². The molecular formula is C17H19N5. The molecular weight excluding hydrogens is 274 g/mol. The van der Waals surface area contributed by atoms with Crippen LogP contribution in [0.5, 0.6) is 0 Å². The first kappa shape index (κ1) is 14.3. The first-order chi connectivity index (χ1) is 10.6. The van der Waals surface area contributed by atoms with Crippen LogP contribution < -0.4 is 5.32 Å². The summed E-state index contributed by atoms with van der Waals surface area (Å²) in [6.45, 7) is 6.81. The van der Waals surface area contributed by atoms with Crippen molar-refractivity contribution in [2.75, 3.05) is 5.32 Å². The van der Waals surface area contributed by atoms with Crippen LogP contribution in [0.1, 0.15) is 22.5 Å². The Morgan fingerprint density at radius 3 is 2.64 bits per heavy atom. The van der Waals surface area contributed by atoms with Gasteiger partial charge in [-0.1, -0.05) is 29.8 Å². The van der Waals surface area contributed by atoms with E-state index >= 15 is 0 Å². The molecule has 3 rings (SSSR count). The highest BCUT2D eigenvalue weighted by Crippen LogP contribution is 2.13. The number of nitrogens with one attached hydrogen (secondary N) is 1. The molecule has 112 valence electrons. The summed E-state index contributed by atoms with van der Waals surface area (Å²) >= 11 is 0. The molecule has 1 aromatic carbocycles. The number of hydrogen-bond acceptors (Lipinski definition) is 4. The molecule has 0 bridgehead atoms. The fourth-order valence-electron chi connectivity index (χ4n) is 2.44. The lowest BCUT2D eigenvalue weighted by Crippen LogP contribution is -2.06. The van der Waals surface area contributed by atoms with Gasteiger partial charge in [0.2, 0.25) is 0 Å². The first-order valence-electron chi connectivity index (χ1n) is 7.27. The third-order valence-electron chi connectivity index (χ3n) is 3.44. The highest BCUT2D eigenvalue weighted by molar-refractivity contribution is 5.41. The van der Waals surface area contributed by atoms with E-state index in [4.69, 9.17) is 0 Å². The summed E-state index contributed by atoms with van der Waals surface area (Å²) < 4.78 is 1.83. The van der Waals surface area contributed by atoms with E-state index < -0.39 is 0 Å². The minimum Gasteiger partial charge on any atom is -0.366 e. The molecule has 0 spiro atoms. The van der Waals surface area contributed by atoms with Crippen molar-refractivity contribution in [1.82, 2.24) is 19.7 Å². The predicted octanol–water partition coefficient (Wildman–Crippen LogP) is 3.20. The molecule has 0 unspecified atom stereocenters. The minimum absolute atomic E-state index is 0.731. The lowest BCUT2D eigenvalue weighted by atomic mass is 10.1. The maximum atomic E-state index is 4.45. The third-order valence-corrected chi connectivity index (χ3v) is 3.44. The zero-order chi connectivity index (χ0) is 15.5. The first-order valence-corrected chi connectivity index (χ1v) is 7.27. The van der Waals surface area contributed by atoms with Gasteiger partial charge in [0.15, 0.2) is 5.82 Å². The van der Waals surface area contributed by atoms with Gasteiger partial charge in [0.05, 0.1) is 5.69 Å². The van der Waals surface area contributed by atoms with Gasteiger partial charge < -0.3 is 5.32 Å². The summed E-state index contributed by atoms with van der Waals surface area (Å²) in [5.41, 5.74) is 4.52. The predicted molar refractivity (Wildman–Crippen MR) is 87.1 cm³/mol. The van der Waals surface area contributed by atoms with E-state index in [0.29, 0.717) is 0 Å². The van der Waals surface area contributed by atoms with Crippen molar-refractivity contribution >= 4 is 5.82 Å². The quantitative estimate of drug-likeness (QED) is 0.802. The normalized spacial score (nSPS) is 10.7. The lowest BCUT2D eigenvalue weighted by Gasteiger charge is -2.08. The third kappa shape index (κ3) is 3.14. The zero-order valence-electron chi connectivity index (χ0n) is 13.0. The van der Waals surface area contributed by atoms with Crippen molar-refractivity contribution in [3.63, 3.8) is 0 Å². The molecule has 0 saturated heterocycles. The van der Waals surface area contributed by atoms with Crippen LogP contribution in [0.2, 0.25) is 0 Å². The number of nitrogens with zero attached hydrogens (tertiary/aromatic N) is 4. The molecule has 0 amide bonds. The Hall–Kier alpha value is -2.69. The molecule has 0 aliphatic heterocycles. The Kier molecular flexibility index (Phi) is 3.87. The number of anilines is 1. The highest BCUT2D eigenvalue weighted by atomic mass is 15.3. The van der Waals surface area contributed by atoms with Crippen molar-refractivity contribution in [2.45, 2.75) is 27.3 Å². The molecule has 0 aliphatic rings. The molecule has 3 aromatic rings. The number of rotatable bonds is 4. The summed E-state index contributed by atoms with van der Waals surface area (Å²) in [6.07, 6.45) is 1.56. The van der Waals surface area contributed by atoms with E-state index in [9.17, 15) is 0 Å². The van der Waals surface area contributed by atoms with Crippen molar-refractivity contribution in [2.24, 2.45) is 0 Å². The summed E-state index contributed by atoms with van der Waals surface area (Å²) in [7, 11) is 0. The Bertz CT molecular complexity index is 791. The molecule has 0 aliphatic carbocycles. The average molecular weight is 293 g/mol. The Morgan fingerprint density at radius 2 is 1.91 bits per heavy atom. The number of hydrogen-bond donors (Lipinski definition) is 1. The molecule has 5 heteroatoms. The molecule has 2 aromatic heterocycles. The summed E-state index contributed by atoms with van der Waals surface area (Å²) in [6, 6.07) is 12.4. The average Bonchev–Trinajstić information content (AvgIpc) is 2.84. The topological polar surface area (TPSA) is 55.6 Å². The van der Waals surface area contributed by atoms with Crippen molar-refractivity contribution in [3.8, 4) is 5.82 Å². The van der Waals surface area contributed by atoms with Gasteiger partial charge in [-0.25, -0.2) is 14.6 Å². The van der Waals surface area contributed by atoms with Crippen LogP contribution >= 0.6 is 0 Å². The summed E-state index contributed by atoms with van der Waals surface area (Å²) in [5, 5.41) is 7.78. The van der Waals surface area contributed by atoms with E-state index in [1.165, 1.54) is 11.1 Å². The van der Waals surface area contributed by atoms with Gasteiger partial charge in [-0.2, -0.15) is 5.10 Å². The van der Waals surface area contributed by atoms with Crippen LogP contribution in [0.15, 0.2) is 42.7 Å². The van der Waals surface area contributed by atoms with E-state index in [0.717, 1.165) is 29.6 Å². The fourth-order valence-corrected chi connectivity index (χ4v) is 2.44. The van der Waals surface area contributed by atoms with Gasteiger partial charge in [0.25, 0.3) is 0 Å². The van der Waals surface area contributed by atoms with Crippen LogP contribution in [-0.4, -0.2) is 19.7 Å². The SMILES string of the molecule is Cc1cccc(CNc2cc(-n3nc(C)cc3C)ncn2)c1. The fraction of sp³-hybridized carbons (Fsp3) is 0.235. The zero-order valence-corrected chi connectivity index (χ0v) is 13.0. The van der Waals surface area contributed by atoms with E-state index in [1.54, 1.807) is 6.33 Å². The molecule has 5 nitrogen and oxygen atoms in total. The van der Waals surface area contributed by atoms with E-state index in [1.807, 2.05) is 30.7 Å². The molecule has 2 heterocycles. The largest absolute Gasteiger partial charge is 0.366 e. The lowest BCUT2D eigenvalue weighted by molar-refractivity contribution is 0.800. The minimum atomic E-state index is 0.731. The smallest absolute Gasteiger partial charge is 0.159 e. The number of aromatic nitrogens is 4. The Morgan fingerprint density at radius 1 is 1.05 bits per heavy atom. The van der Waals surface area contributed by atoms with Crippen LogP contribution in [0.25, 0.3) is 5.82 Å². The van der Waals surface area contributed by atoms with Crippen LogP contribution in [-0.2, 0) is 6.54 Å². The van der Waals surface area contributed by atoms with Crippen LogP contribution in [0.4, 0.5) is 5.82 Å². The summed E-state index contributed by atoms with van der Waals surface area (Å²) in [5.74, 6) is 1.56. The van der Waals surface area contributed by atoms with E-state index in [-0.39, 0.29) is 0 Å². The van der Waals surface area contributed by atoms with Gasteiger partial charge >= 0.3 is 0 Å².